The second kappa shape index (κ2) is 3.99. The van der Waals surface area contributed by atoms with Crippen LogP contribution in [0.15, 0.2) is 0 Å². The van der Waals surface area contributed by atoms with Gasteiger partial charge in [0.15, 0.2) is 0 Å². The van der Waals surface area contributed by atoms with Crippen molar-refractivity contribution in [2.45, 2.75) is 36.9 Å². The SMILES string of the molecule is O=C(CC1CC1)N1CCCC(Br)C1. The van der Waals surface area contributed by atoms with Crippen LogP contribution in [0.4, 0.5) is 0 Å². The van der Waals surface area contributed by atoms with Crippen molar-refractivity contribution in [3.05, 3.63) is 0 Å². The first-order valence-corrected chi connectivity index (χ1v) is 6.09. The van der Waals surface area contributed by atoms with Crippen LogP contribution in [-0.4, -0.2) is 28.7 Å². The summed E-state index contributed by atoms with van der Waals surface area (Å²) in [5.74, 6) is 1.11. The Hall–Kier alpha value is -0.0500. The van der Waals surface area contributed by atoms with Crippen molar-refractivity contribution < 1.29 is 4.79 Å². The van der Waals surface area contributed by atoms with Gasteiger partial charge in [-0.25, -0.2) is 0 Å². The van der Waals surface area contributed by atoms with E-state index in [9.17, 15) is 4.79 Å². The van der Waals surface area contributed by atoms with Crippen molar-refractivity contribution in [2.24, 2.45) is 5.92 Å². The van der Waals surface area contributed by atoms with Crippen LogP contribution in [-0.2, 0) is 4.79 Å². The molecule has 1 saturated heterocycles. The van der Waals surface area contributed by atoms with Gasteiger partial charge >= 0.3 is 0 Å². The summed E-state index contributed by atoms with van der Waals surface area (Å²) in [5.41, 5.74) is 0. The molecule has 2 fully saturated rings. The Morgan fingerprint density at radius 2 is 2.15 bits per heavy atom. The molecule has 0 spiro atoms. The van der Waals surface area contributed by atoms with E-state index in [1.807, 2.05) is 4.90 Å². The summed E-state index contributed by atoms with van der Waals surface area (Å²) in [4.78, 5) is 14.3. The first-order valence-electron chi connectivity index (χ1n) is 5.17. The number of hydrogen-bond donors (Lipinski definition) is 0. The van der Waals surface area contributed by atoms with Gasteiger partial charge in [-0.15, -0.1) is 0 Å². The smallest absolute Gasteiger partial charge is 0.222 e. The molecule has 1 amide bonds. The van der Waals surface area contributed by atoms with Crippen molar-refractivity contribution in [2.75, 3.05) is 13.1 Å². The minimum absolute atomic E-state index is 0.381. The van der Waals surface area contributed by atoms with Crippen molar-refractivity contribution in [1.82, 2.24) is 4.90 Å². The fraction of sp³-hybridized carbons (Fsp3) is 0.900. The molecule has 2 aliphatic rings. The van der Waals surface area contributed by atoms with Crippen LogP contribution in [0.25, 0.3) is 0 Å². The Kier molecular flexibility index (Phi) is 2.92. The van der Waals surface area contributed by atoms with Gasteiger partial charge in [-0.1, -0.05) is 15.9 Å². The van der Waals surface area contributed by atoms with E-state index in [2.05, 4.69) is 15.9 Å². The van der Waals surface area contributed by atoms with E-state index in [0.717, 1.165) is 31.8 Å². The average Bonchev–Trinajstić information content (AvgIpc) is 2.88. The van der Waals surface area contributed by atoms with Crippen molar-refractivity contribution in [1.29, 1.82) is 0 Å². The molecule has 74 valence electrons. The van der Waals surface area contributed by atoms with Crippen LogP contribution < -0.4 is 0 Å². The van der Waals surface area contributed by atoms with E-state index in [0.29, 0.717) is 10.7 Å². The predicted molar refractivity (Wildman–Crippen MR) is 55.9 cm³/mol. The van der Waals surface area contributed by atoms with Crippen LogP contribution in [0.2, 0.25) is 0 Å². The maximum absolute atomic E-state index is 11.7. The van der Waals surface area contributed by atoms with Crippen molar-refractivity contribution >= 4 is 21.8 Å². The molecule has 2 nitrogen and oxygen atoms in total. The molecule has 0 aromatic rings. The van der Waals surface area contributed by atoms with Crippen LogP contribution in [0, 0.1) is 5.92 Å². The van der Waals surface area contributed by atoms with Crippen LogP contribution in [0.1, 0.15) is 32.1 Å². The number of nitrogens with zero attached hydrogens (tertiary/aromatic N) is 1. The molecular weight excluding hydrogens is 230 g/mol. The van der Waals surface area contributed by atoms with E-state index in [-0.39, 0.29) is 0 Å². The first-order chi connectivity index (χ1) is 6.25. The van der Waals surface area contributed by atoms with Gasteiger partial charge in [0.25, 0.3) is 0 Å². The number of halogens is 1. The quantitative estimate of drug-likeness (QED) is 0.684. The van der Waals surface area contributed by atoms with Gasteiger partial charge in [-0.3, -0.25) is 4.79 Å². The maximum Gasteiger partial charge on any atom is 0.222 e. The maximum atomic E-state index is 11.7. The normalized spacial score (nSPS) is 29.0. The van der Waals surface area contributed by atoms with Crippen LogP contribution in [0.5, 0.6) is 0 Å². The third-order valence-corrected chi connectivity index (χ3v) is 3.62. The number of rotatable bonds is 2. The van der Waals surface area contributed by atoms with Gasteiger partial charge in [0, 0.05) is 24.3 Å². The van der Waals surface area contributed by atoms with Gasteiger partial charge in [0.2, 0.25) is 5.91 Å². The zero-order chi connectivity index (χ0) is 9.26. The fourth-order valence-corrected chi connectivity index (χ4v) is 2.52. The van der Waals surface area contributed by atoms with E-state index in [1.54, 1.807) is 0 Å². The Morgan fingerprint density at radius 1 is 1.38 bits per heavy atom. The number of likely N-dealkylation sites (tertiary alicyclic amines) is 1. The summed E-state index contributed by atoms with van der Waals surface area (Å²) in [7, 11) is 0. The Morgan fingerprint density at radius 3 is 2.77 bits per heavy atom. The molecular formula is C10H16BrNO. The summed E-state index contributed by atoms with van der Waals surface area (Å²) in [6.07, 6.45) is 5.73. The van der Waals surface area contributed by atoms with Crippen molar-refractivity contribution in [3.8, 4) is 0 Å². The lowest BCUT2D eigenvalue weighted by Crippen LogP contribution is -2.40. The molecule has 1 unspecified atom stereocenters. The standard InChI is InChI=1S/C10H16BrNO/c11-9-2-1-5-12(7-9)10(13)6-8-3-4-8/h8-9H,1-7H2. The molecule has 2 rings (SSSR count). The topological polar surface area (TPSA) is 20.3 Å². The van der Waals surface area contributed by atoms with Crippen molar-refractivity contribution in [3.63, 3.8) is 0 Å². The molecule has 1 atom stereocenters. The summed E-state index contributed by atoms with van der Waals surface area (Å²) >= 11 is 3.58. The lowest BCUT2D eigenvalue weighted by atomic mass is 10.1. The molecule has 0 bridgehead atoms. The number of carbonyl (C=O) groups is 1. The first kappa shape index (κ1) is 9.50. The third kappa shape index (κ3) is 2.70. The minimum Gasteiger partial charge on any atom is -0.342 e. The largest absolute Gasteiger partial charge is 0.342 e. The predicted octanol–water partition coefficient (Wildman–Crippen LogP) is 2.17. The number of amides is 1. The Bertz CT molecular complexity index is 203. The van der Waals surface area contributed by atoms with E-state index >= 15 is 0 Å². The van der Waals surface area contributed by atoms with E-state index < -0.39 is 0 Å². The van der Waals surface area contributed by atoms with Crippen LogP contribution in [0.3, 0.4) is 0 Å². The summed E-state index contributed by atoms with van der Waals surface area (Å²) in [6.45, 7) is 1.90. The summed E-state index contributed by atoms with van der Waals surface area (Å²) < 4.78 is 0. The Labute approximate surface area is 87.8 Å². The van der Waals surface area contributed by atoms with E-state index in [4.69, 9.17) is 0 Å². The van der Waals surface area contributed by atoms with Crippen LogP contribution >= 0.6 is 15.9 Å². The highest BCUT2D eigenvalue weighted by atomic mass is 79.9. The highest BCUT2D eigenvalue weighted by molar-refractivity contribution is 9.09. The minimum atomic E-state index is 0.381. The monoisotopic (exact) mass is 245 g/mol. The zero-order valence-electron chi connectivity index (χ0n) is 7.84. The molecule has 0 N–H and O–H groups in total. The number of hydrogen-bond acceptors (Lipinski definition) is 1. The van der Waals surface area contributed by atoms with E-state index in [1.165, 1.54) is 19.3 Å². The molecule has 1 aliphatic carbocycles. The van der Waals surface area contributed by atoms with Gasteiger partial charge in [0.05, 0.1) is 0 Å². The number of piperidine rings is 1. The molecule has 0 aromatic heterocycles. The molecule has 1 aliphatic heterocycles. The highest BCUT2D eigenvalue weighted by Gasteiger charge is 2.28. The lowest BCUT2D eigenvalue weighted by molar-refractivity contribution is -0.132. The van der Waals surface area contributed by atoms with Gasteiger partial charge in [-0.2, -0.15) is 0 Å². The molecule has 0 aromatic carbocycles. The molecule has 0 radical (unpaired) electrons. The molecule has 1 heterocycles. The number of alkyl halides is 1. The van der Waals surface area contributed by atoms with Gasteiger partial charge in [-0.05, 0) is 31.6 Å². The molecule has 3 heteroatoms. The average molecular weight is 246 g/mol. The van der Waals surface area contributed by atoms with Gasteiger partial charge in [0.1, 0.15) is 0 Å². The zero-order valence-corrected chi connectivity index (χ0v) is 9.42. The second-order valence-electron chi connectivity index (χ2n) is 4.23. The summed E-state index contributed by atoms with van der Waals surface area (Å²) in [6, 6.07) is 0. The Balaban J connectivity index is 1.80. The lowest BCUT2D eigenvalue weighted by Gasteiger charge is -2.30. The number of carbonyl (C=O) groups excluding carboxylic acids is 1. The third-order valence-electron chi connectivity index (χ3n) is 2.88. The molecule has 1 saturated carbocycles. The second-order valence-corrected chi connectivity index (χ2v) is 5.52. The fourth-order valence-electron chi connectivity index (χ4n) is 1.85. The molecule has 13 heavy (non-hydrogen) atoms. The highest BCUT2D eigenvalue weighted by Crippen LogP contribution is 2.33. The van der Waals surface area contributed by atoms with Gasteiger partial charge < -0.3 is 4.90 Å². The summed E-state index contributed by atoms with van der Waals surface area (Å²) in [5, 5.41) is 0.